The van der Waals surface area contributed by atoms with Crippen molar-refractivity contribution in [1.82, 2.24) is 10.2 Å². The molecule has 19 heavy (non-hydrogen) atoms. The van der Waals surface area contributed by atoms with Crippen LogP contribution in [0.25, 0.3) is 0 Å². The molecule has 0 aromatic carbocycles. The molecule has 0 radical (unpaired) electrons. The molecule has 0 aliphatic heterocycles. The maximum Gasteiger partial charge on any atom is 0.326 e. The highest BCUT2D eigenvalue weighted by molar-refractivity contribution is 9.11. The number of hydrogen-bond donors (Lipinski definition) is 3. The molecule has 0 unspecified atom stereocenters. The van der Waals surface area contributed by atoms with Crippen LogP contribution in [-0.4, -0.2) is 46.8 Å². The first-order valence-corrected chi connectivity index (χ1v) is 7.19. The van der Waals surface area contributed by atoms with Gasteiger partial charge in [0.15, 0.2) is 0 Å². The van der Waals surface area contributed by atoms with Crippen molar-refractivity contribution in [3.8, 4) is 0 Å². The van der Waals surface area contributed by atoms with Crippen LogP contribution in [-0.2, 0) is 11.3 Å². The summed E-state index contributed by atoms with van der Waals surface area (Å²) in [7, 11) is 1.58. The molecule has 1 heterocycles. The average molecular weight is 351 g/mol. The summed E-state index contributed by atoms with van der Waals surface area (Å²) in [4.78, 5) is 24.1. The Hall–Kier alpha value is -1.12. The molecule has 0 fully saturated rings. The lowest BCUT2D eigenvalue weighted by Crippen LogP contribution is -2.46. The van der Waals surface area contributed by atoms with E-state index in [9.17, 15) is 9.59 Å². The Bertz CT molecular complexity index is 452. The zero-order chi connectivity index (χ0) is 14.4. The number of urea groups is 1. The predicted molar refractivity (Wildman–Crippen MR) is 75.1 cm³/mol. The van der Waals surface area contributed by atoms with Crippen molar-refractivity contribution in [2.45, 2.75) is 19.0 Å². The van der Waals surface area contributed by atoms with Gasteiger partial charge in [0, 0.05) is 26.6 Å². The Morgan fingerprint density at radius 1 is 1.58 bits per heavy atom. The van der Waals surface area contributed by atoms with Gasteiger partial charge in [-0.25, -0.2) is 9.59 Å². The van der Waals surface area contributed by atoms with Gasteiger partial charge in [-0.05, 0) is 32.9 Å². The number of halogens is 1. The van der Waals surface area contributed by atoms with Crippen LogP contribution in [0.1, 0.15) is 12.0 Å². The number of thiophene rings is 1. The molecule has 1 aromatic rings. The summed E-state index contributed by atoms with van der Waals surface area (Å²) >= 11 is 4.85. The van der Waals surface area contributed by atoms with Gasteiger partial charge in [-0.3, -0.25) is 0 Å². The lowest BCUT2D eigenvalue weighted by atomic mass is 10.2. The molecule has 1 atom stereocenters. The number of carboxylic acids is 1. The van der Waals surface area contributed by atoms with Crippen LogP contribution in [0.3, 0.4) is 0 Å². The molecule has 1 aromatic heterocycles. The Labute approximate surface area is 123 Å². The van der Waals surface area contributed by atoms with Gasteiger partial charge >= 0.3 is 12.0 Å². The summed E-state index contributed by atoms with van der Waals surface area (Å²) in [5.74, 6) is -1.16. The summed E-state index contributed by atoms with van der Waals surface area (Å²) in [6.07, 6.45) is -0.0150. The van der Waals surface area contributed by atoms with Crippen molar-refractivity contribution in [3.05, 3.63) is 20.8 Å². The van der Waals surface area contributed by atoms with E-state index in [1.165, 1.54) is 16.2 Å². The maximum atomic E-state index is 11.8. The number of amides is 2. The molecule has 3 N–H and O–H groups in total. The van der Waals surface area contributed by atoms with Crippen LogP contribution in [0.4, 0.5) is 4.79 Å². The quantitative estimate of drug-likeness (QED) is 0.724. The second-order valence-electron chi connectivity index (χ2n) is 3.97. The Kier molecular flexibility index (Phi) is 6.26. The van der Waals surface area contributed by atoms with E-state index in [2.05, 4.69) is 21.2 Å². The van der Waals surface area contributed by atoms with Crippen LogP contribution >= 0.6 is 27.3 Å². The molecule has 2 amide bonds. The number of nitrogens with one attached hydrogen (secondary N) is 1. The fourth-order valence-corrected chi connectivity index (χ4v) is 2.62. The second kappa shape index (κ2) is 7.46. The first kappa shape index (κ1) is 15.9. The number of rotatable bonds is 6. The highest BCUT2D eigenvalue weighted by Crippen LogP contribution is 2.21. The predicted octanol–water partition coefficient (Wildman–Crippen LogP) is 1.49. The van der Waals surface area contributed by atoms with Crippen LogP contribution < -0.4 is 5.32 Å². The van der Waals surface area contributed by atoms with E-state index in [0.717, 1.165) is 9.35 Å². The summed E-state index contributed by atoms with van der Waals surface area (Å²) in [6.45, 7) is 0.0951. The van der Waals surface area contributed by atoms with E-state index in [0.29, 0.717) is 6.54 Å². The number of carbonyl (C=O) groups is 2. The zero-order valence-electron chi connectivity index (χ0n) is 10.3. The monoisotopic (exact) mass is 350 g/mol. The van der Waals surface area contributed by atoms with Crippen molar-refractivity contribution in [3.63, 3.8) is 0 Å². The van der Waals surface area contributed by atoms with Gasteiger partial charge in [-0.15, -0.1) is 11.3 Å². The molecule has 0 bridgehead atoms. The van der Waals surface area contributed by atoms with Crippen LogP contribution in [0.2, 0.25) is 0 Å². The number of nitrogens with zero attached hydrogens (tertiary/aromatic N) is 1. The van der Waals surface area contributed by atoms with Crippen molar-refractivity contribution >= 4 is 39.3 Å². The van der Waals surface area contributed by atoms with Gasteiger partial charge in [-0.2, -0.15) is 0 Å². The normalized spacial score (nSPS) is 11.9. The fourth-order valence-electron chi connectivity index (χ4n) is 1.42. The molecule has 0 spiro atoms. The van der Waals surface area contributed by atoms with Crippen molar-refractivity contribution in [2.75, 3.05) is 13.7 Å². The molecule has 0 saturated carbocycles. The minimum Gasteiger partial charge on any atom is -0.480 e. The molecule has 1 rings (SSSR count). The molecule has 6 nitrogen and oxygen atoms in total. The van der Waals surface area contributed by atoms with E-state index in [1.807, 2.05) is 11.4 Å². The Morgan fingerprint density at radius 2 is 2.26 bits per heavy atom. The van der Waals surface area contributed by atoms with Crippen LogP contribution in [0.5, 0.6) is 0 Å². The summed E-state index contributed by atoms with van der Waals surface area (Å²) in [6, 6.07) is 0.342. The molecular weight excluding hydrogens is 336 g/mol. The van der Waals surface area contributed by atoms with Gasteiger partial charge in [0.2, 0.25) is 0 Å². The second-order valence-corrected chi connectivity index (χ2v) is 6.26. The average Bonchev–Trinajstić information content (AvgIpc) is 2.73. The van der Waals surface area contributed by atoms with Crippen LogP contribution in [0.15, 0.2) is 15.2 Å². The highest BCUT2D eigenvalue weighted by Gasteiger charge is 2.21. The maximum absolute atomic E-state index is 11.8. The minimum atomic E-state index is -1.16. The smallest absolute Gasteiger partial charge is 0.326 e. The zero-order valence-corrected chi connectivity index (χ0v) is 12.7. The number of aliphatic carboxylic acids is 1. The van der Waals surface area contributed by atoms with Gasteiger partial charge in [0.25, 0.3) is 0 Å². The molecular formula is C11H15BrN2O4S. The van der Waals surface area contributed by atoms with E-state index < -0.39 is 18.0 Å². The first-order chi connectivity index (χ1) is 8.93. The third-order valence-corrected chi connectivity index (χ3v) is 3.96. The van der Waals surface area contributed by atoms with E-state index in [4.69, 9.17) is 10.2 Å². The van der Waals surface area contributed by atoms with Crippen molar-refractivity contribution in [1.29, 1.82) is 0 Å². The van der Waals surface area contributed by atoms with E-state index in [-0.39, 0.29) is 13.0 Å². The number of hydrogen-bond acceptors (Lipinski definition) is 4. The SMILES string of the molecule is CN(Cc1csc(Br)c1)C(=O)N[C@H](CCO)C(=O)O. The number of aliphatic hydroxyl groups is 1. The van der Waals surface area contributed by atoms with Gasteiger partial charge < -0.3 is 20.4 Å². The molecule has 0 saturated heterocycles. The lowest BCUT2D eigenvalue weighted by molar-refractivity contribution is -0.139. The Balaban J connectivity index is 2.54. The van der Waals surface area contributed by atoms with Crippen molar-refractivity contribution < 1.29 is 19.8 Å². The standard InChI is InChI=1S/C11H15BrN2O4S/c1-14(5-7-4-9(12)19-6-7)11(18)13-8(2-3-15)10(16)17/h4,6,8,15H,2-3,5H2,1H3,(H,13,18)(H,16,17)/t8-/m1/s1. The lowest BCUT2D eigenvalue weighted by Gasteiger charge is -2.20. The van der Waals surface area contributed by atoms with Crippen LogP contribution in [0, 0.1) is 0 Å². The fraction of sp³-hybridized carbons (Fsp3) is 0.455. The van der Waals surface area contributed by atoms with Gasteiger partial charge in [-0.1, -0.05) is 0 Å². The molecule has 106 valence electrons. The largest absolute Gasteiger partial charge is 0.480 e. The summed E-state index contributed by atoms with van der Waals surface area (Å²) < 4.78 is 0.972. The number of carbonyl (C=O) groups excluding carboxylic acids is 1. The number of aliphatic hydroxyl groups excluding tert-OH is 1. The topological polar surface area (TPSA) is 89.9 Å². The number of carboxylic acid groups (broad SMARTS) is 1. The minimum absolute atomic E-state index is 0.0150. The summed E-state index contributed by atoms with van der Waals surface area (Å²) in [5, 5.41) is 21.9. The first-order valence-electron chi connectivity index (χ1n) is 5.52. The van der Waals surface area contributed by atoms with Gasteiger partial charge in [0.1, 0.15) is 6.04 Å². The highest BCUT2D eigenvalue weighted by atomic mass is 79.9. The molecule has 0 aliphatic rings. The molecule has 0 aliphatic carbocycles. The third kappa shape index (κ3) is 5.17. The van der Waals surface area contributed by atoms with Crippen molar-refractivity contribution in [2.24, 2.45) is 0 Å². The summed E-state index contributed by atoms with van der Waals surface area (Å²) in [5.41, 5.74) is 0.962. The Morgan fingerprint density at radius 3 is 2.74 bits per heavy atom. The molecule has 8 heteroatoms. The van der Waals surface area contributed by atoms with Gasteiger partial charge in [0.05, 0.1) is 3.79 Å². The van der Waals surface area contributed by atoms with E-state index in [1.54, 1.807) is 7.05 Å². The third-order valence-electron chi connectivity index (χ3n) is 2.40. The van der Waals surface area contributed by atoms with E-state index >= 15 is 0 Å².